The van der Waals surface area contributed by atoms with E-state index >= 15 is 0 Å². The average molecular weight is 194 g/mol. The van der Waals surface area contributed by atoms with Gasteiger partial charge in [-0.3, -0.25) is 0 Å². The Morgan fingerprint density at radius 1 is 1.36 bits per heavy atom. The highest BCUT2D eigenvalue weighted by Crippen LogP contribution is 2.25. The summed E-state index contributed by atoms with van der Waals surface area (Å²) in [4.78, 5) is 0. The first kappa shape index (κ1) is 11.5. The van der Waals surface area contributed by atoms with E-state index in [1.54, 1.807) is 0 Å². The molecule has 3 unspecified atom stereocenters. The monoisotopic (exact) mass is 194 g/mol. The highest BCUT2D eigenvalue weighted by molar-refractivity contribution is 4.96. The molecule has 0 aromatic heterocycles. The molecule has 0 radical (unpaired) electrons. The molecule has 1 N–H and O–H groups in total. The minimum absolute atomic E-state index is 0.259. The van der Waals surface area contributed by atoms with E-state index in [1.165, 1.54) is 12.8 Å². The molecule has 0 saturated heterocycles. The number of rotatable bonds is 4. The Balaban J connectivity index is 2.27. The first-order chi connectivity index (χ1) is 6.65. The largest absolute Gasteiger partial charge is 0.312 e. The fourth-order valence-electron chi connectivity index (χ4n) is 1.93. The highest BCUT2D eigenvalue weighted by Gasteiger charge is 2.26. The molecule has 1 aliphatic rings. The molecule has 80 valence electrons. The van der Waals surface area contributed by atoms with E-state index in [4.69, 9.17) is 5.26 Å². The van der Waals surface area contributed by atoms with Crippen LogP contribution < -0.4 is 5.32 Å². The predicted molar refractivity (Wildman–Crippen MR) is 58.7 cm³/mol. The molecule has 0 aromatic carbocycles. The van der Waals surface area contributed by atoms with Crippen molar-refractivity contribution in [1.82, 2.24) is 5.32 Å². The van der Waals surface area contributed by atoms with Crippen molar-refractivity contribution >= 4 is 0 Å². The van der Waals surface area contributed by atoms with Crippen molar-refractivity contribution in [1.29, 1.82) is 5.26 Å². The van der Waals surface area contributed by atoms with Crippen molar-refractivity contribution in [3.8, 4) is 6.07 Å². The topological polar surface area (TPSA) is 35.8 Å². The van der Waals surface area contributed by atoms with Gasteiger partial charge in [-0.2, -0.15) is 5.26 Å². The second-order valence-corrected chi connectivity index (χ2v) is 4.90. The van der Waals surface area contributed by atoms with Crippen LogP contribution in [0.5, 0.6) is 0 Å². The Bertz CT molecular complexity index is 205. The van der Waals surface area contributed by atoms with E-state index in [0.29, 0.717) is 12.0 Å². The molecule has 0 aliphatic heterocycles. The smallest absolute Gasteiger partial charge is 0.0672 e. The Hall–Kier alpha value is -0.550. The first-order valence-electron chi connectivity index (χ1n) is 5.78. The lowest BCUT2D eigenvalue weighted by atomic mass is 9.97. The van der Waals surface area contributed by atoms with Gasteiger partial charge in [0.25, 0.3) is 0 Å². The van der Waals surface area contributed by atoms with Crippen molar-refractivity contribution in [2.24, 2.45) is 17.8 Å². The van der Waals surface area contributed by atoms with E-state index in [1.807, 2.05) is 0 Å². The molecule has 0 spiro atoms. The van der Waals surface area contributed by atoms with E-state index in [9.17, 15) is 0 Å². The van der Waals surface area contributed by atoms with Crippen LogP contribution in [0.2, 0.25) is 0 Å². The summed E-state index contributed by atoms with van der Waals surface area (Å²) in [5, 5.41) is 12.5. The van der Waals surface area contributed by atoms with E-state index in [0.717, 1.165) is 18.9 Å². The zero-order valence-electron chi connectivity index (χ0n) is 9.59. The van der Waals surface area contributed by atoms with Crippen LogP contribution >= 0.6 is 0 Å². The maximum atomic E-state index is 8.92. The highest BCUT2D eigenvalue weighted by atomic mass is 14.9. The number of nitrogens with one attached hydrogen (secondary N) is 1. The molecule has 1 aliphatic carbocycles. The molecule has 1 fully saturated rings. The summed E-state index contributed by atoms with van der Waals surface area (Å²) < 4.78 is 0. The zero-order chi connectivity index (χ0) is 10.6. The Morgan fingerprint density at radius 3 is 2.64 bits per heavy atom. The van der Waals surface area contributed by atoms with Gasteiger partial charge in [0.15, 0.2) is 0 Å². The maximum Gasteiger partial charge on any atom is 0.0672 e. The van der Waals surface area contributed by atoms with E-state index in [2.05, 4.69) is 32.2 Å². The molecule has 1 saturated carbocycles. The van der Waals surface area contributed by atoms with Crippen LogP contribution in [0, 0.1) is 29.1 Å². The van der Waals surface area contributed by atoms with Gasteiger partial charge in [-0.15, -0.1) is 0 Å². The molecule has 2 nitrogen and oxygen atoms in total. The van der Waals surface area contributed by atoms with Gasteiger partial charge in [-0.25, -0.2) is 0 Å². The van der Waals surface area contributed by atoms with Crippen LogP contribution in [-0.4, -0.2) is 12.6 Å². The lowest BCUT2D eigenvalue weighted by molar-refractivity contribution is 0.354. The van der Waals surface area contributed by atoms with E-state index in [-0.39, 0.29) is 5.92 Å². The average Bonchev–Trinajstić information content (AvgIpc) is 2.60. The number of hydrogen-bond acceptors (Lipinski definition) is 2. The van der Waals surface area contributed by atoms with Gasteiger partial charge in [0.2, 0.25) is 0 Å². The fraction of sp³-hybridized carbons (Fsp3) is 0.917. The van der Waals surface area contributed by atoms with Crippen molar-refractivity contribution in [2.75, 3.05) is 6.54 Å². The summed E-state index contributed by atoms with van der Waals surface area (Å²) in [7, 11) is 0. The standard InChI is InChI=1S/C12H22N2/c1-9(2)10(3)8-14-12-6-4-5-11(12)7-13/h9-12,14H,4-6,8H2,1-3H3. The minimum atomic E-state index is 0.259. The first-order valence-corrected chi connectivity index (χ1v) is 5.78. The van der Waals surface area contributed by atoms with Crippen LogP contribution in [0.3, 0.4) is 0 Å². The van der Waals surface area contributed by atoms with Crippen molar-refractivity contribution in [2.45, 2.75) is 46.1 Å². The van der Waals surface area contributed by atoms with Crippen molar-refractivity contribution in [3.05, 3.63) is 0 Å². The third-order valence-electron chi connectivity index (χ3n) is 3.52. The summed E-state index contributed by atoms with van der Waals surface area (Å²) >= 11 is 0. The van der Waals surface area contributed by atoms with E-state index < -0.39 is 0 Å². The van der Waals surface area contributed by atoms with Crippen LogP contribution in [0.1, 0.15) is 40.0 Å². The van der Waals surface area contributed by atoms with Gasteiger partial charge in [-0.05, 0) is 31.2 Å². The lowest BCUT2D eigenvalue weighted by Gasteiger charge is -2.21. The predicted octanol–water partition coefficient (Wildman–Crippen LogP) is 2.56. The molecule has 14 heavy (non-hydrogen) atoms. The van der Waals surface area contributed by atoms with Gasteiger partial charge in [-0.1, -0.05) is 27.2 Å². The summed E-state index contributed by atoms with van der Waals surface area (Å²) in [6.07, 6.45) is 3.49. The Morgan fingerprint density at radius 2 is 2.07 bits per heavy atom. The number of hydrogen-bond donors (Lipinski definition) is 1. The van der Waals surface area contributed by atoms with Gasteiger partial charge in [0.05, 0.1) is 12.0 Å². The Kier molecular flexibility index (Phi) is 4.41. The minimum Gasteiger partial charge on any atom is -0.312 e. The Labute approximate surface area is 87.7 Å². The number of nitrogens with zero attached hydrogens (tertiary/aromatic N) is 1. The van der Waals surface area contributed by atoms with Crippen molar-refractivity contribution < 1.29 is 0 Å². The fourth-order valence-corrected chi connectivity index (χ4v) is 1.93. The molecule has 1 rings (SSSR count). The van der Waals surface area contributed by atoms with Gasteiger partial charge in [0, 0.05) is 6.04 Å². The van der Waals surface area contributed by atoms with Gasteiger partial charge >= 0.3 is 0 Å². The second-order valence-electron chi connectivity index (χ2n) is 4.90. The van der Waals surface area contributed by atoms with Gasteiger partial charge in [0.1, 0.15) is 0 Å². The van der Waals surface area contributed by atoms with Crippen LogP contribution in [-0.2, 0) is 0 Å². The quantitative estimate of drug-likeness (QED) is 0.746. The lowest BCUT2D eigenvalue weighted by Crippen LogP contribution is -2.36. The number of nitriles is 1. The molecular formula is C12H22N2. The second kappa shape index (κ2) is 5.36. The summed E-state index contributed by atoms with van der Waals surface area (Å²) in [5.74, 6) is 1.69. The summed E-state index contributed by atoms with van der Waals surface area (Å²) in [6.45, 7) is 7.83. The third-order valence-corrected chi connectivity index (χ3v) is 3.52. The molecular weight excluding hydrogens is 172 g/mol. The van der Waals surface area contributed by atoms with Crippen LogP contribution in [0.4, 0.5) is 0 Å². The molecule has 3 atom stereocenters. The van der Waals surface area contributed by atoms with Crippen LogP contribution in [0.25, 0.3) is 0 Å². The normalized spacial score (nSPS) is 29.1. The van der Waals surface area contributed by atoms with Crippen LogP contribution in [0.15, 0.2) is 0 Å². The molecule has 2 heteroatoms. The SMILES string of the molecule is CC(C)C(C)CNC1CCCC1C#N. The third kappa shape index (κ3) is 2.99. The molecule has 0 heterocycles. The maximum absolute atomic E-state index is 8.92. The summed E-state index contributed by atoms with van der Waals surface area (Å²) in [6, 6.07) is 2.86. The van der Waals surface area contributed by atoms with Gasteiger partial charge < -0.3 is 5.32 Å². The molecule has 0 bridgehead atoms. The summed E-state index contributed by atoms with van der Waals surface area (Å²) in [5.41, 5.74) is 0. The zero-order valence-corrected chi connectivity index (χ0v) is 9.59. The van der Waals surface area contributed by atoms with Crippen molar-refractivity contribution in [3.63, 3.8) is 0 Å². The molecule has 0 aromatic rings. The molecule has 0 amide bonds.